The molecule has 0 saturated carbocycles. The van der Waals surface area contributed by atoms with E-state index in [4.69, 9.17) is 4.74 Å². The molecule has 0 bridgehead atoms. The summed E-state index contributed by atoms with van der Waals surface area (Å²) in [7, 11) is 0. The number of hydrogen-bond donors (Lipinski definition) is 1. The lowest BCUT2D eigenvalue weighted by molar-refractivity contribution is -0.143. The molecule has 0 spiro atoms. The molecule has 2 unspecified atom stereocenters. The summed E-state index contributed by atoms with van der Waals surface area (Å²) in [5, 5.41) is 3.46. The van der Waals surface area contributed by atoms with Crippen molar-refractivity contribution in [3.05, 3.63) is 0 Å². The third kappa shape index (κ3) is 5.36. The van der Waals surface area contributed by atoms with Crippen LogP contribution < -0.4 is 5.32 Å². The lowest BCUT2D eigenvalue weighted by Gasteiger charge is -2.35. The van der Waals surface area contributed by atoms with Gasteiger partial charge in [-0.1, -0.05) is 6.92 Å². The van der Waals surface area contributed by atoms with Crippen LogP contribution in [0, 0.1) is 5.92 Å². The predicted molar refractivity (Wildman–Crippen MR) is 73.6 cm³/mol. The summed E-state index contributed by atoms with van der Waals surface area (Å²) in [5.74, 6) is 0.608. The minimum absolute atomic E-state index is 0.101. The third-order valence-electron chi connectivity index (χ3n) is 3.80. The molecule has 18 heavy (non-hydrogen) atoms. The largest absolute Gasteiger partial charge is 0.466 e. The number of likely N-dealkylation sites (tertiary alicyclic amines) is 1. The van der Waals surface area contributed by atoms with Gasteiger partial charge >= 0.3 is 5.97 Å². The minimum atomic E-state index is -0.101. The molecule has 0 aromatic heterocycles. The summed E-state index contributed by atoms with van der Waals surface area (Å²) in [6, 6.07) is 0.480. The van der Waals surface area contributed by atoms with Crippen molar-refractivity contribution in [1.82, 2.24) is 10.2 Å². The normalized spacial score (nSPS) is 22.7. The number of carbonyl (C=O) groups is 1. The molecule has 2 atom stereocenters. The summed E-state index contributed by atoms with van der Waals surface area (Å²) < 4.78 is 4.92. The van der Waals surface area contributed by atoms with Gasteiger partial charge in [0, 0.05) is 19.1 Å². The van der Waals surface area contributed by atoms with Gasteiger partial charge in [0.25, 0.3) is 0 Å². The summed E-state index contributed by atoms with van der Waals surface area (Å²) in [6.07, 6.45) is 3.06. The van der Waals surface area contributed by atoms with Gasteiger partial charge in [-0.05, 0) is 45.7 Å². The number of nitrogens with one attached hydrogen (secondary N) is 1. The fourth-order valence-electron chi connectivity index (χ4n) is 2.59. The van der Waals surface area contributed by atoms with E-state index in [0.717, 1.165) is 13.1 Å². The second kappa shape index (κ2) is 8.48. The van der Waals surface area contributed by atoms with Crippen LogP contribution in [0.1, 0.15) is 40.0 Å². The first kappa shape index (κ1) is 15.4. The number of rotatable bonds is 7. The van der Waals surface area contributed by atoms with Crippen molar-refractivity contribution < 1.29 is 9.53 Å². The predicted octanol–water partition coefficient (Wildman–Crippen LogP) is 1.65. The monoisotopic (exact) mass is 256 g/mol. The van der Waals surface area contributed by atoms with Gasteiger partial charge in [-0.25, -0.2) is 0 Å². The van der Waals surface area contributed by atoms with Crippen LogP contribution in [0.2, 0.25) is 0 Å². The van der Waals surface area contributed by atoms with Gasteiger partial charge in [-0.3, -0.25) is 4.79 Å². The quantitative estimate of drug-likeness (QED) is 0.703. The van der Waals surface area contributed by atoms with E-state index < -0.39 is 0 Å². The maximum absolute atomic E-state index is 11.2. The van der Waals surface area contributed by atoms with Crippen LogP contribution in [0.25, 0.3) is 0 Å². The molecule has 106 valence electrons. The maximum Gasteiger partial charge on any atom is 0.307 e. The first-order chi connectivity index (χ1) is 8.67. The molecular weight excluding hydrogens is 228 g/mol. The molecule has 4 heteroatoms. The Labute approximate surface area is 111 Å². The smallest absolute Gasteiger partial charge is 0.307 e. The van der Waals surface area contributed by atoms with E-state index in [1.807, 2.05) is 6.92 Å². The summed E-state index contributed by atoms with van der Waals surface area (Å²) in [5.41, 5.74) is 0. The minimum Gasteiger partial charge on any atom is -0.466 e. The van der Waals surface area contributed by atoms with E-state index in [2.05, 4.69) is 24.1 Å². The molecule has 1 fully saturated rings. The van der Waals surface area contributed by atoms with E-state index in [0.29, 0.717) is 25.0 Å². The lowest BCUT2D eigenvalue weighted by atomic mass is 9.91. The van der Waals surface area contributed by atoms with Crippen molar-refractivity contribution in [2.75, 3.05) is 32.8 Å². The molecule has 0 aliphatic carbocycles. The second-order valence-electron chi connectivity index (χ2n) is 5.09. The molecule has 0 radical (unpaired) electrons. The fraction of sp³-hybridized carbons (Fsp3) is 0.929. The maximum atomic E-state index is 11.2. The zero-order valence-electron chi connectivity index (χ0n) is 12.1. The molecule has 4 nitrogen and oxygen atoms in total. The van der Waals surface area contributed by atoms with Crippen LogP contribution in [-0.2, 0) is 9.53 Å². The van der Waals surface area contributed by atoms with Gasteiger partial charge in [0.2, 0.25) is 0 Å². The Balaban J connectivity index is 2.19. The van der Waals surface area contributed by atoms with E-state index in [9.17, 15) is 4.79 Å². The standard InChI is InChI=1S/C14H28N2O2/c1-4-16-10-6-7-13(11-16)12(3)15-9-8-14(17)18-5-2/h12-13,15H,4-11H2,1-3H3. The zero-order valence-corrected chi connectivity index (χ0v) is 12.1. The molecule has 1 heterocycles. The van der Waals surface area contributed by atoms with Gasteiger partial charge < -0.3 is 15.0 Å². The Morgan fingerprint density at radius 1 is 1.50 bits per heavy atom. The molecule has 0 amide bonds. The number of ether oxygens (including phenoxy) is 1. The van der Waals surface area contributed by atoms with Gasteiger partial charge in [0.1, 0.15) is 0 Å². The molecule has 1 N–H and O–H groups in total. The first-order valence-electron chi connectivity index (χ1n) is 7.28. The molecule has 1 aliphatic rings. The van der Waals surface area contributed by atoms with Gasteiger partial charge in [-0.2, -0.15) is 0 Å². The van der Waals surface area contributed by atoms with Gasteiger partial charge in [0.15, 0.2) is 0 Å². The molecule has 1 aliphatic heterocycles. The zero-order chi connectivity index (χ0) is 13.4. The van der Waals surface area contributed by atoms with Crippen molar-refractivity contribution in [3.63, 3.8) is 0 Å². The molecular formula is C14H28N2O2. The van der Waals surface area contributed by atoms with Crippen molar-refractivity contribution in [1.29, 1.82) is 0 Å². The van der Waals surface area contributed by atoms with E-state index in [1.54, 1.807) is 0 Å². The summed E-state index contributed by atoms with van der Waals surface area (Å²) in [4.78, 5) is 13.7. The van der Waals surface area contributed by atoms with Crippen molar-refractivity contribution in [3.8, 4) is 0 Å². The summed E-state index contributed by atoms with van der Waals surface area (Å²) >= 11 is 0. The summed E-state index contributed by atoms with van der Waals surface area (Å²) in [6.45, 7) is 11.1. The number of piperidine rings is 1. The average molecular weight is 256 g/mol. The van der Waals surface area contributed by atoms with Crippen LogP contribution in [0.15, 0.2) is 0 Å². The Bertz CT molecular complexity index is 246. The van der Waals surface area contributed by atoms with Crippen LogP contribution in [0.5, 0.6) is 0 Å². The highest BCUT2D eigenvalue weighted by molar-refractivity contribution is 5.69. The Kier molecular flexibility index (Phi) is 7.28. The third-order valence-corrected chi connectivity index (χ3v) is 3.80. The van der Waals surface area contributed by atoms with E-state index >= 15 is 0 Å². The Morgan fingerprint density at radius 2 is 2.28 bits per heavy atom. The fourth-order valence-corrected chi connectivity index (χ4v) is 2.59. The topological polar surface area (TPSA) is 41.6 Å². The lowest BCUT2D eigenvalue weighted by Crippen LogP contribution is -2.44. The van der Waals surface area contributed by atoms with Gasteiger partial charge in [0.05, 0.1) is 13.0 Å². The van der Waals surface area contributed by atoms with Crippen LogP contribution in [0.4, 0.5) is 0 Å². The highest BCUT2D eigenvalue weighted by atomic mass is 16.5. The van der Waals surface area contributed by atoms with Crippen molar-refractivity contribution in [2.24, 2.45) is 5.92 Å². The first-order valence-corrected chi connectivity index (χ1v) is 7.28. The molecule has 1 rings (SSSR count). The van der Waals surface area contributed by atoms with Crippen LogP contribution in [0.3, 0.4) is 0 Å². The number of hydrogen-bond acceptors (Lipinski definition) is 4. The highest BCUT2D eigenvalue weighted by Gasteiger charge is 2.23. The van der Waals surface area contributed by atoms with Crippen LogP contribution >= 0.6 is 0 Å². The molecule has 1 saturated heterocycles. The van der Waals surface area contributed by atoms with Crippen molar-refractivity contribution >= 4 is 5.97 Å². The average Bonchev–Trinajstić information content (AvgIpc) is 2.39. The van der Waals surface area contributed by atoms with Gasteiger partial charge in [-0.15, -0.1) is 0 Å². The number of nitrogens with zero attached hydrogens (tertiary/aromatic N) is 1. The van der Waals surface area contributed by atoms with E-state index in [1.165, 1.54) is 25.9 Å². The molecule has 0 aromatic carbocycles. The number of esters is 1. The highest BCUT2D eigenvalue weighted by Crippen LogP contribution is 2.19. The molecule has 0 aromatic rings. The second-order valence-corrected chi connectivity index (χ2v) is 5.09. The van der Waals surface area contributed by atoms with Crippen molar-refractivity contribution in [2.45, 2.75) is 46.1 Å². The number of carbonyl (C=O) groups excluding carboxylic acids is 1. The Morgan fingerprint density at radius 3 is 2.94 bits per heavy atom. The SMILES string of the molecule is CCOC(=O)CCNC(C)C1CCCN(CC)C1. The van der Waals surface area contributed by atoms with E-state index in [-0.39, 0.29) is 5.97 Å². The van der Waals surface area contributed by atoms with Crippen LogP contribution in [-0.4, -0.2) is 49.7 Å². The Hall–Kier alpha value is -0.610.